The van der Waals surface area contributed by atoms with E-state index in [2.05, 4.69) is 27.6 Å². The Bertz CT molecular complexity index is 1470. The Balaban J connectivity index is 1.35. The monoisotopic (exact) mass is 592 g/mol. The topological polar surface area (TPSA) is 154 Å². The van der Waals surface area contributed by atoms with Crippen LogP contribution in [0.3, 0.4) is 0 Å². The zero-order chi connectivity index (χ0) is 30.8. The van der Waals surface area contributed by atoms with Crippen molar-refractivity contribution in [2.45, 2.75) is 63.0 Å². The largest absolute Gasteiger partial charge is 0.472 e. The molecule has 5 aliphatic rings. The van der Waals surface area contributed by atoms with Crippen LogP contribution in [0.2, 0.25) is 0 Å². The van der Waals surface area contributed by atoms with Crippen LogP contribution in [0.4, 0.5) is 15.0 Å². The van der Waals surface area contributed by atoms with Crippen molar-refractivity contribution in [3.8, 4) is 24.2 Å². The second kappa shape index (κ2) is 10.1. The number of nitrogens with one attached hydrogen (secondary N) is 2. The third-order valence-electron chi connectivity index (χ3n) is 10.1. The van der Waals surface area contributed by atoms with Gasteiger partial charge in [-0.05, 0) is 62.5 Å². The van der Waals surface area contributed by atoms with Crippen molar-refractivity contribution in [3.05, 3.63) is 18.3 Å². The molecule has 6 rings (SSSR count). The van der Waals surface area contributed by atoms with Crippen molar-refractivity contribution in [2.75, 3.05) is 25.5 Å². The van der Waals surface area contributed by atoms with Crippen molar-refractivity contribution in [3.63, 3.8) is 0 Å². The number of terminal acetylenes is 1. The SMILES string of the molecule is C#CC(C)(C)[C@H](NC(=O)OC)C(=O)N1C[C@@H]2[C@H]3C[C@@H]([C@@H]2[C@H]1C(=O)N1C[C@@]2(C[C@H]1C#N)Oc1cccnc1NC2=O)[C@H](F)C3. The molecule has 1 spiro atoms. The van der Waals surface area contributed by atoms with Crippen LogP contribution < -0.4 is 15.4 Å². The van der Waals surface area contributed by atoms with Gasteiger partial charge >= 0.3 is 6.09 Å². The van der Waals surface area contributed by atoms with E-state index in [4.69, 9.17) is 15.9 Å². The molecule has 13 heteroatoms. The van der Waals surface area contributed by atoms with Crippen LogP contribution in [-0.4, -0.2) is 88.7 Å². The number of hydrogen-bond acceptors (Lipinski definition) is 8. The van der Waals surface area contributed by atoms with Crippen molar-refractivity contribution in [1.82, 2.24) is 20.1 Å². The van der Waals surface area contributed by atoms with Crippen LogP contribution in [0, 0.1) is 52.8 Å². The van der Waals surface area contributed by atoms with Gasteiger partial charge in [-0.2, -0.15) is 5.26 Å². The Morgan fingerprint density at radius 3 is 2.79 bits per heavy atom. The fraction of sp³-hybridized carbons (Fsp3) is 0.600. The number of carbonyl (C=O) groups excluding carboxylic acids is 4. The fourth-order valence-electron chi connectivity index (χ4n) is 7.90. The maximum atomic E-state index is 15.2. The number of ether oxygens (including phenoxy) is 2. The first-order valence-electron chi connectivity index (χ1n) is 14.4. The van der Waals surface area contributed by atoms with Gasteiger partial charge in [0, 0.05) is 19.2 Å². The number of likely N-dealkylation sites (tertiary alicyclic amines) is 2. The van der Waals surface area contributed by atoms with E-state index < -0.39 is 71.0 Å². The molecule has 2 saturated heterocycles. The van der Waals surface area contributed by atoms with Crippen molar-refractivity contribution in [2.24, 2.45) is 29.1 Å². The molecule has 1 aromatic rings. The van der Waals surface area contributed by atoms with Crippen LogP contribution in [-0.2, 0) is 19.1 Å². The molecule has 226 valence electrons. The highest BCUT2D eigenvalue weighted by Crippen LogP contribution is 2.59. The molecule has 1 aromatic heterocycles. The summed E-state index contributed by atoms with van der Waals surface area (Å²) in [6.45, 7) is 3.16. The molecule has 3 aliphatic heterocycles. The van der Waals surface area contributed by atoms with Crippen LogP contribution in [0.25, 0.3) is 0 Å². The third kappa shape index (κ3) is 4.36. The fourth-order valence-corrected chi connectivity index (χ4v) is 7.90. The van der Waals surface area contributed by atoms with E-state index in [1.807, 2.05) is 0 Å². The lowest BCUT2D eigenvalue weighted by atomic mass is 9.77. The Morgan fingerprint density at radius 2 is 2.09 bits per heavy atom. The summed E-state index contributed by atoms with van der Waals surface area (Å²) in [5.41, 5.74) is -2.71. The van der Waals surface area contributed by atoms with Crippen LogP contribution in [0.15, 0.2) is 18.3 Å². The lowest BCUT2D eigenvalue weighted by Gasteiger charge is -2.38. The minimum Gasteiger partial charge on any atom is -0.472 e. The van der Waals surface area contributed by atoms with Gasteiger partial charge in [-0.25, -0.2) is 14.2 Å². The molecule has 0 unspecified atom stereocenters. The first-order valence-corrected chi connectivity index (χ1v) is 14.4. The predicted molar refractivity (Wildman–Crippen MR) is 147 cm³/mol. The molecule has 0 radical (unpaired) electrons. The number of halogens is 1. The number of amides is 4. The lowest BCUT2D eigenvalue weighted by Crippen LogP contribution is -2.60. The number of rotatable bonds is 4. The van der Waals surface area contributed by atoms with E-state index in [-0.39, 0.29) is 37.2 Å². The molecular formula is C30H33FN6O6. The number of fused-ring (bicyclic) bond motifs is 6. The maximum Gasteiger partial charge on any atom is 0.407 e. The smallest absolute Gasteiger partial charge is 0.407 e. The number of carbonyl (C=O) groups is 4. The minimum absolute atomic E-state index is 0.00102. The zero-order valence-corrected chi connectivity index (χ0v) is 24.1. The molecule has 2 saturated carbocycles. The van der Waals surface area contributed by atoms with Gasteiger partial charge in [0.1, 0.15) is 24.3 Å². The summed E-state index contributed by atoms with van der Waals surface area (Å²) in [5.74, 6) is 0.359. The normalized spacial score (nSPS) is 34.4. The van der Waals surface area contributed by atoms with Gasteiger partial charge in [0.2, 0.25) is 17.4 Å². The summed E-state index contributed by atoms with van der Waals surface area (Å²) >= 11 is 0. The first-order chi connectivity index (χ1) is 20.4. The van der Waals surface area contributed by atoms with E-state index in [1.54, 1.807) is 26.0 Å². The number of hydrogen-bond donors (Lipinski definition) is 2. The van der Waals surface area contributed by atoms with Crippen molar-refractivity contribution >= 4 is 29.6 Å². The highest BCUT2D eigenvalue weighted by Gasteiger charge is 2.65. The first kappa shape index (κ1) is 28.7. The average molecular weight is 593 g/mol. The number of nitrogens with zero attached hydrogens (tertiary/aromatic N) is 4. The summed E-state index contributed by atoms with van der Waals surface area (Å²) < 4.78 is 26.0. The minimum atomic E-state index is -1.54. The van der Waals surface area contributed by atoms with Crippen LogP contribution in [0.1, 0.15) is 33.1 Å². The molecule has 43 heavy (non-hydrogen) atoms. The van der Waals surface area contributed by atoms with Gasteiger partial charge in [-0.1, -0.05) is 5.92 Å². The molecular weight excluding hydrogens is 559 g/mol. The highest BCUT2D eigenvalue weighted by molar-refractivity contribution is 6.01. The van der Waals surface area contributed by atoms with E-state index in [1.165, 1.54) is 16.0 Å². The highest BCUT2D eigenvalue weighted by atomic mass is 19.1. The Labute approximate surface area is 248 Å². The number of alkyl halides is 1. The summed E-state index contributed by atoms with van der Waals surface area (Å²) in [5, 5.41) is 15.4. The van der Waals surface area contributed by atoms with E-state index in [9.17, 15) is 24.4 Å². The number of aromatic nitrogens is 1. The Morgan fingerprint density at radius 1 is 1.33 bits per heavy atom. The summed E-state index contributed by atoms with van der Waals surface area (Å²) in [6.07, 6.45) is 6.15. The van der Waals surface area contributed by atoms with Gasteiger partial charge in [0.05, 0.1) is 25.1 Å². The van der Waals surface area contributed by atoms with Gasteiger partial charge in [0.25, 0.3) is 5.91 Å². The number of pyridine rings is 1. The molecule has 4 heterocycles. The molecule has 2 aliphatic carbocycles. The Hall–Kier alpha value is -4.39. The molecule has 4 fully saturated rings. The quantitative estimate of drug-likeness (QED) is 0.499. The van der Waals surface area contributed by atoms with Gasteiger partial charge in [-0.3, -0.25) is 14.4 Å². The van der Waals surface area contributed by atoms with Crippen molar-refractivity contribution < 1.29 is 33.0 Å². The van der Waals surface area contributed by atoms with Gasteiger partial charge < -0.3 is 29.9 Å². The van der Waals surface area contributed by atoms with Crippen LogP contribution >= 0.6 is 0 Å². The van der Waals surface area contributed by atoms with Crippen molar-refractivity contribution in [1.29, 1.82) is 5.26 Å². The predicted octanol–water partition coefficient (Wildman–Crippen LogP) is 1.48. The van der Waals surface area contributed by atoms with Gasteiger partial charge in [0.15, 0.2) is 11.6 Å². The number of methoxy groups -OCH3 is 1. The average Bonchev–Trinajstić information content (AvgIpc) is 3.75. The standard InChI is InChI=1S/C30H33FN6O6/c1-5-29(2,3)23(34-28(41)42-4)26(39)36-13-18-15-9-17(19(31)10-15)21(18)22(36)25(38)37-14-30(11-16(37)12-32)27(40)35-24-20(43-30)7-6-8-33-24/h1,6-8,15-19,21-23H,9-11,13-14H2,2-4H3,(H,34,41)(H,33,35,40)/t15-,16-,17+,18+,19+,21-,22-,23+,30+/m0/s1. The Kier molecular flexibility index (Phi) is 6.75. The van der Waals surface area contributed by atoms with E-state index in [0.29, 0.717) is 18.6 Å². The number of alkyl carbamates (subject to hydrolysis) is 1. The molecule has 4 amide bonds. The summed E-state index contributed by atoms with van der Waals surface area (Å²) in [7, 11) is 1.16. The molecule has 0 aromatic carbocycles. The maximum absolute atomic E-state index is 15.2. The van der Waals surface area contributed by atoms with Crippen LogP contribution in [0.5, 0.6) is 5.75 Å². The zero-order valence-electron chi connectivity index (χ0n) is 24.1. The molecule has 9 atom stereocenters. The lowest BCUT2D eigenvalue weighted by molar-refractivity contribution is -0.148. The second-order valence-corrected chi connectivity index (χ2v) is 12.7. The molecule has 12 nitrogen and oxygen atoms in total. The van der Waals surface area contributed by atoms with E-state index >= 15 is 4.39 Å². The third-order valence-corrected chi connectivity index (χ3v) is 10.1. The second-order valence-electron chi connectivity index (χ2n) is 12.7. The molecule has 2 bridgehead atoms. The summed E-state index contributed by atoms with van der Waals surface area (Å²) in [6, 6.07) is 2.00. The molecule has 2 N–H and O–H groups in total. The summed E-state index contributed by atoms with van der Waals surface area (Å²) in [4.78, 5) is 61.2. The van der Waals surface area contributed by atoms with E-state index in [0.717, 1.165) is 7.11 Å². The number of nitriles is 1. The van der Waals surface area contributed by atoms with Gasteiger partial charge in [-0.15, -0.1) is 6.42 Å². The number of anilines is 1.